The van der Waals surface area contributed by atoms with Gasteiger partial charge in [-0.05, 0) is 85.8 Å². The van der Waals surface area contributed by atoms with Crippen LogP contribution in [0.3, 0.4) is 0 Å². The van der Waals surface area contributed by atoms with Crippen molar-refractivity contribution in [3.63, 3.8) is 0 Å². The molecule has 0 aliphatic rings. The Bertz CT molecular complexity index is 2920. The van der Waals surface area contributed by atoms with Gasteiger partial charge >= 0.3 is 0 Å². The van der Waals surface area contributed by atoms with Crippen molar-refractivity contribution >= 4 is 65.4 Å². The molecule has 0 radical (unpaired) electrons. The van der Waals surface area contributed by atoms with Gasteiger partial charge in [-0.3, -0.25) is 0 Å². The molecule has 5 heteroatoms. The Labute approximate surface area is 299 Å². The second kappa shape index (κ2) is 11.0. The lowest BCUT2D eigenvalue weighted by Crippen LogP contribution is -1.97. The van der Waals surface area contributed by atoms with Gasteiger partial charge in [-0.1, -0.05) is 84.9 Å². The molecule has 0 bridgehead atoms. The van der Waals surface area contributed by atoms with Gasteiger partial charge in [0, 0.05) is 61.1 Å². The number of nitrogens with zero attached hydrogens (tertiary/aromatic N) is 5. The molecule has 0 N–H and O–H groups in total. The van der Waals surface area contributed by atoms with E-state index in [1.54, 1.807) is 0 Å². The molecule has 0 atom stereocenters. The van der Waals surface area contributed by atoms with Gasteiger partial charge in [-0.2, -0.15) is 0 Å². The first-order valence-corrected chi connectivity index (χ1v) is 17.7. The van der Waals surface area contributed by atoms with Gasteiger partial charge in [0.25, 0.3) is 0 Å². The second-order valence-electron chi connectivity index (χ2n) is 13.5. The Morgan fingerprint density at radius 2 is 0.750 bits per heavy atom. The van der Waals surface area contributed by atoms with Gasteiger partial charge in [-0.25, -0.2) is 9.97 Å². The van der Waals surface area contributed by atoms with Crippen LogP contribution in [-0.4, -0.2) is 23.7 Å². The third-order valence-corrected chi connectivity index (χ3v) is 10.6. The number of aromatic nitrogens is 5. The number of fused-ring (bicyclic) bond motifs is 9. The molecule has 0 spiro atoms. The van der Waals surface area contributed by atoms with E-state index in [2.05, 4.69) is 181 Å². The maximum atomic E-state index is 4.67. The molecular formula is C47H31N5. The van der Waals surface area contributed by atoms with E-state index >= 15 is 0 Å². The van der Waals surface area contributed by atoms with Gasteiger partial charge in [0.1, 0.15) is 5.82 Å². The van der Waals surface area contributed by atoms with Crippen molar-refractivity contribution in [3.8, 4) is 28.3 Å². The van der Waals surface area contributed by atoms with E-state index in [1.165, 1.54) is 54.4 Å². The maximum Gasteiger partial charge on any atom is 0.125 e. The largest absolute Gasteiger partial charge is 0.309 e. The van der Waals surface area contributed by atoms with Crippen molar-refractivity contribution in [2.75, 3.05) is 0 Å². The molecule has 0 aliphatic heterocycles. The highest BCUT2D eigenvalue weighted by molar-refractivity contribution is 6.14. The Kier molecular flexibility index (Phi) is 6.10. The molecule has 0 unspecified atom stereocenters. The van der Waals surface area contributed by atoms with Gasteiger partial charge in [0.05, 0.1) is 38.8 Å². The number of aryl methyl sites for hydroxylation is 1. The SMILES string of the molecule is Cc1nccc(-c2ccc(-n3c4ccc(-n5c6ccccc6c6ccccc65)cc4c4cc(-n5c6ccccc6c6ccccc65)ccc43)cc2)n1. The maximum absolute atomic E-state index is 4.67. The molecule has 7 aromatic carbocycles. The first-order chi connectivity index (χ1) is 25.7. The lowest BCUT2D eigenvalue weighted by molar-refractivity contribution is 1.06. The van der Waals surface area contributed by atoms with Crippen LogP contribution in [0, 0.1) is 6.92 Å². The molecule has 244 valence electrons. The normalized spacial score (nSPS) is 11.9. The summed E-state index contributed by atoms with van der Waals surface area (Å²) in [6.45, 7) is 1.93. The van der Waals surface area contributed by atoms with Crippen LogP contribution in [0.2, 0.25) is 0 Å². The summed E-state index contributed by atoms with van der Waals surface area (Å²) in [5.74, 6) is 0.766. The summed E-state index contributed by atoms with van der Waals surface area (Å²) in [7, 11) is 0. The molecule has 4 heterocycles. The lowest BCUT2D eigenvalue weighted by Gasteiger charge is -2.11. The monoisotopic (exact) mass is 665 g/mol. The molecule has 0 amide bonds. The van der Waals surface area contributed by atoms with Gasteiger partial charge in [0.2, 0.25) is 0 Å². The third kappa shape index (κ3) is 4.17. The van der Waals surface area contributed by atoms with Crippen LogP contribution in [0.1, 0.15) is 5.82 Å². The van der Waals surface area contributed by atoms with E-state index in [9.17, 15) is 0 Å². The average Bonchev–Trinajstić information content (AvgIpc) is 3.83. The lowest BCUT2D eigenvalue weighted by atomic mass is 10.1. The fourth-order valence-corrected chi connectivity index (χ4v) is 8.36. The Morgan fingerprint density at radius 3 is 1.19 bits per heavy atom. The van der Waals surface area contributed by atoms with E-state index in [0.29, 0.717) is 0 Å². The van der Waals surface area contributed by atoms with E-state index in [0.717, 1.165) is 45.2 Å². The van der Waals surface area contributed by atoms with Crippen LogP contribution in [-0.2, 0) is 0 Å². The summed E-state index contributed by atoms with van der Waals surface area (Å²) >= 11 is 0. The van der Waals surface area contributed by atoms with Crippen LogP contribution in [0.25, 0.3) is 93.7 Å². The van der Waals surface area contributed by atoms with Crippen LogP contribution in [0.5, 0.6) is 0 Å². The highest BCUT2D eigenvalue weighted by atomic mass is 15.0. The first-order valence-electron chi connectivity index (χ1n) is 17.7. The first kappa shape index (κ1) is 28.8. The number of hydrogen-bond donors (Lipinski definition) is 0. The van der Waals surface area contributed by atoms with Crippen molar-refractivity contribution in [2.45, 2.75) is 6.92 Å². The number of para-hydroxylation sites is 4. The zero-order valence-corrected chi connectivity index (χ0v) is 28.4. The van der Waals surface area contributed by atoms with Crippen LogP contribution in [0.15, 0.2) is 170 Å². The van der Waals surface area contributed by atoms with Gasteiger partial charge in [0.15, 0.2) is 0 Å². The number of rotatable bonds is 4. The Hall–Kier alpha value is -6.98. The zero-order chi connectivity index (χ0) is 34.3. The molecule has 0 saturated heterocycles. The fourth-order valence-electron chi connectivity index (χ4n) is 8.36. The minimum Gasteiger partial charge on any atom is -0.309 e. The minimum atomic E-state index is 0.766. The quantitative estimate of drug-likeness (QED) is 0.188. The number of benzene rings is 7. The third-order valence-electron chi connectivity index (χ3n) is 10.6. The van der Waals surface area contributed by atoms with Crippen molar-refractivity contribution in [3.05, 3.63) is 176 Å². The Balaban J connectivity index is 1.19. The van der Waals surface area contributed by atoms with Crippen molar-refractivity contribution in [1.82, 2.24) is 23.7 Å². The molecule has 11 rings (SSSR count). The van der Waals surface area contributed by atoms with E-state index in [-0.39, 0.29) is 0 Å². The summed E-state index contributed by atoms with van der Waals surface area (Å²) in [6, 6.07) is 59.4. The molecule has 0 aliphatic carbocycles. The van der Waals surface area contributed by atoms with E-state index in [1.807, 2.05) is 19.2 Å². The van der Waals surface area contributed by atoms with Crippen LogP contribution in [0.4, 0.5) is 0 Å². The van der Waals surface area contributed by atoms with Crippen LogP contribution < -0.4 is 0 Å². The highest BCUT2D eigenvalue weighted by Gasteiger charge is 2.19. The molecule has 11 aromatic rings. The van der Waals surface area contributed by atoms with Gasteiger partial charge < -0.3 is 13.7 Å². The molecule has 0 fully saturated rings. The standard InChI is InChI=1S/C47H31N5/c1-30-48-27-26-41(49-30)31-18-20-32(21-19-31)50-46-24-22-33(51-42-14-6-2-10-35(42)36-11-3-7-15-43(36)51)28-39(46)40-29-34(23-25-47(40)50)52-44-16-8-4-12-37(44)38-13-5-9-17-45(38)52/h2-29H,1H3. The topological polar surface area (TPSA) is 40.6 Å². The number of hydrogen-bond acceptors (Lipinski definition) is 2. The average molecular weight is 666 g/mol. The fraction of sp³-hybridized carbons (Fsp3) is 0.0213. The molecule has 52 heavy (non-hydrogen) atoms. The van der Waals surface area contributed by atoms with Crippen molar-refractivity contribution < 1.29 is 0 Å². The molecule has 4 aromatic heterocycles. The molecule has 5 nitrogen and oxygen atoms in total. The smallest absolute Gasteiger partial charge is 0.125 e. The zero-order valence-electron chi connectivity index (χ0n) is 28.4. The highest BCUT2D eigenvalue weighted by Crippen LogP contribution is 2.39. The van der Waals surface area contributed by atoms with E-state index < -0.39 is 0 Å². The second-order valence-corrected chi connectivity index (χ2v) is 13.5. The summed E-state index contributed by atoms with van der Waals surface area (Å²) in [4.78, 5) is 8.96. The van der Waals surface area contributed by atoms with Crippen molar-refractivity contribution in [1.29, 1.82) is 0 Å². The van der Waals surface area contributed by atoms with Crippen molar-refractivity contribution in [2.24, 2.45) is 0 Å². The minimum absolute atomic E-state index is 0.766. The summed E-state index contributed by atoms with van der Waals surface area (Å²) in [5.41, 5.74) is 12.5. The predicted molar refractivity (Wildman–Crippen MR) is 215 cm³/mol. The van der Waals surface area contributed by atoms with Gasteiger partial charge in [-0.15, -0.1) is 0 Å². The molecule has 0 saturated carbocycles. The van der Waals surface area contributed by atoms with E-state index in [4.69, 9.17) is 0 Å². The predicted octanol–water partition coefficient (Wildman–Crippen LogP) is 11.7. The Morgan fingerprint density at radius 1 is 0.365 bits per heavy atom. The summed E-state index contributed by atoms with van der Waals surface area (Å²) in [5, 5.41) is 7.43. The summed E-state index contributed by atoms with van der Waals surface area (Å²) in [6.07, 6.45) is 1.82. The molecular weight excluding hydrogens is 635 g/mol. The summed E-state index contributed by atoms with van der Waals surface area (Å²) < 4.78 is 7.20. The van der Waals surface area contributed by atoms with Crippen LogP contribution >= 0.6 is 0 Å².